The Morgan fingerprint density at radius 1 is 1.03 bits per heavy atom. The van der Waals surface area contributed by atoms with Gasteiger partial charge in [0.2, 0.25) is 0 Å². The van der Waals surface area contributed by atoms with E-state index in [9.17, 15) is 4.79 Å². The summed E-state index contributed by atoms with van der Waals surface area (Å²) in [5.74, 6) is 0.486. The van der Waals surface area contributed by atoms with Gasteiger partial charge in [-0.25, -0.2) is 4.79 Å². The topological polar surface area (TPSA) is 73.6 Å². The highest BCUT2D eigenvalue weighted by molar-refractivity contribution is 5.68. The van der Waals surface area contributed by atoms with E-state index < -0.39 is 17.2 Å². The first-order chi connectivity index (χ1) is 13.2. The summed E-state index contributed by atoms with van der Waals surface area (Å²) in [7, 11) is 0. The third kappa shape index (κ3) is 10.7. The van der Waals surface area contributed by atoms with E-state index in [0.717, 1.165) is 11.1 Å². The molecule has 0 atom stereocenters. The summed E-state index contributed by atoms with van der Waals surface area (Å²) in [6, 6.07) is 7.98. The van der Waals surface area contributed by atoms with E-state index in [0.29, 0.717) is 25.7 Å². The molecule has 0 unspecified atom stereocenters. The van der Waals surface area contributed by atoms with Crippen molar-refractivity contribution in [1.82, 2.24) is 5.32 Å². The van der Waals surface area contributed by atoms with Gasteiger partial charge in [-0.3, -0.25) is 0 Å². The van der Waals surface area contributed by atoms with Crippen LogP contribution in [0.5, 0.6) is 0 Å². The average Bonchev–Trinajstić information content (AvgIpc) is 2.60. The van der Waals surface area contributed by atoms with Crippen LogP contribution >= 0.6 is 0 Å². The summed E-state index contributed by atoms with van der Waals surface area (Å²) < 4.78 is 11.1. The van der Waals surface area contributed by atoms with Crippen molar-refractivity contribution < 1.29 is 14.3 Å². The molecule has 0 heterocycles. The summed E-state index contributed by atoms with van der Waals surface area (Å²) in [6.07, 6.45) is -0.436. The maximum atomic E-state index is 12.3. The molecule has 0 spiro atoms. The van der Waals surface area contributed by atoms with E-state index in [4.69, 9.17) is 15.2 Å². The van der Waals surface area contributed by atoms with Gasteiger partial charge in [0.1, 0.15) is 6.61 Å². The van der Waals surface area contributed by atoms with Crippen molar-refractivity contribution in [1.29, 1.82) is 0 Å². The van der Waals surface area contributed by atoms with E-state index in [-0.39, 0.29) is 5.41 Å². The molecule has 0 aromatic heterocycles. The first kappa shape index (κ1) is 27.4. The van der Waals surface area contributed by atoms with E-state index in [2.05, 4.69) is 19.2 Å². The van der Waals surface area contributed by atoms with E-state index >= 15 is 0 Å². The summed E-state index contributed by atoms with van der Waals surface area (Å²) in [4.78, 5) is 12.3. The van der Waals surface area contributed by atoms with Gasteiger partial charge in [-0.2, -0.15) is 0 Å². The van der Waals surface area contributed by atoms with Crippen molar-refractivity contribution >= 4 is 6.09 Å². The molecule has 1 aromatic rings. The van der Waals surface area contributed by atoms with Gasteiger partial charge in [0.25, 0.3) is 0 Å². The van der Waals surface area contributed by atoms with Crippen molar-refractivity contribution in [2.45, 2.75) is 80.3 Å². The fraction of sp³-hybridized carbons (Fsp3) is 0.708. The molecule has 1 aromatic carbocycles. The maximum absolute atomic E-state index is 12.3. The number of alkyl carbamates (subject to hydrolysis) is 1. The van der Waals surface area contributed by atoms with Crippen molar-refractivity contribution in [2.75, 3.05) is 19.8 Å². The molecule has 0 aliphatic heterocycles. The number of hydrogen-bond donors (Lipinski definition) is 2. The number of carbonyl (C=O) groups excluding carboxylic acids is 1. The Bertz CT molecular complexity index is 617. The molecular formula is C24H44N2O3. The first-order valence-electron chi connectivity index (χ1n) is 10.7. The van der Waals surface area contributed by atoms with Gasteiger partial charge >= 0.3 is 6.09 Å². The van der Waals surface area contributed by atoms with Gasteiger partial charge in [0.05, 0.1) is 12.1 Å². The van der Waals surface area contributed by atoms with E-state index in [1.807, 2.05) is 79.7 Å². The molecule has 0 saturated heterocycles. The smallest absolute Gasteiger partial charge is 0.407 e. The lowest BCUT2D eigenvalue weighted by molar-refractivity contribution is 0.00891. The number of nitrogens with one attached hydrogen (secondary N) is 1. The second-order valence-electron chi connectivity index (χ2n) is 9.70. The lowest BCUT2D eigenvalue weighted by Crippen LogP contribution is -2.43. The minimum absolute atomic E-state index is 0.236. The zero-order valence-electron chi connectivity index (χ0n) is 20.3. The zero-order valence-corrected chi connectivity index (χ0v) is 20.3. The Kier molecular flexibility index (Phi) is 10.9. The standard InChI is InChI=1S/C22H38N2O3.C2H6/c1-16(2)13-26-14-20(3,4)15-27-19(25)24-22(7,8)18-11-9-10-17(12-18)21(5,6)23;1-2/h9-12,16H,13-15,23H2,1-8H3,(H,24,25);1-2H3. The van der Waals surface area contributed by atoms with Gasteiger partial charge in [-0.05, 0) is 44.7 Å². The molecule has 5 heteroatoms. The Labute approximate surface area is 178 Å². The van der Waals surface area contributed by atoms with Crippen LogP contribution in [-0.4, -0.2) is 25.9 Å². The minimum atomic E-state index is -0.573. The van der Waals surface area contributed by atoms with Crippen molar-refractivity contribution in [2.24, 2.45) is 17.1 Å². The highest BCUT2D eigenvalue weighted by atomic mass is 16.6. The summed E-state index contributed by atoms with van der Waals surface area (Å²) >= 11 is 0. The minimum Gasteiger partial charge on any atom is -0.449 e. The highest BCUT2D eigenvalue weighted by Gasteiger charge is 2.27. The Morgan fingerprint density at radius 2 is 1.59 bits per heavy atom. The second-order valence-corrected chi connectivity index (χ2v) is 9.70. The maximum Gasteiger partial charge on any atom is 0.407 e. The van der Waals surface area contributed by atoms with Crippen LogP contribution in [0.15, 0.2) is 24.3 Å². The molecule has 168 valence electrons. The number of carbonyl (C=O) groups is 1. The SMILES string of the molecule is CC.CC(C)COCC(C)(C)COC(=O)NC(C)(C)c1cccc(C(C)(C)N)c1. The molecule has 5 nitrogen and oxygen atoms in total. The number of amides is 1. The normalized spacial score (nSPS) is 12.3. The van der Waals surface area contributed by atoms with Crippen LogP contribution in [0.4, 0.5) is 4.79 Å². The fourth-order valence-electron chi connectivity index (χ4n) is 2.55. The number of ether oxygens (including phenoxy) is 2. The quantitative estimate of drug-likeness (QED) is 0.560. The predicted molar refractivity (Wildman–Crippen MR) is 122 cm³/mol. The van der Waals surface area contributed by atoms with Crippen molar-refractivity contribution in [3.05, 3.63) is 35.4 Å². The molecule has 0 fully saturated rings. The summed E-state index contributed by atoms with van der Waals surface area (Å²) in [6.45, 7) is 21.7. The predicted octanol–water partition coefficient (Wildman–Crippen LogP) is 5.57. The fourth-order valence-corrected chi connectivity index (χ4v) is 2.55. The lowest BCUT2D eigenvalue weighted by Gasteiger charge is -2.30. The van der Waals surface area contributed by atoms with Gasteiger partial charge in [-0.1, -0.05) is 65.8 Å². The molecule has 3 N–H and O–H groups in total. The van der Waals surface area contributed by atoms with Crippen LogP contribution in [-0.2, 0) is 20.6 Å². The molecular weight excluding hydrogens is 364 g/mol. The van der Waals surface area contributed by atoms with Crippen LogP contribution in [0, 0.1) is 11.3 Å². The molecule has 0 aliphatic carbocycles. The third-order valence-electron chi connectivity index (χ3n) is 4.28. The third-order valence-corrected chi connectivity index (χ3v) is 4.28. The van der Waals surface area contributed by atoms with Crippen molar-refractivity contribution in [3.63, 3.8) is 0 Å². The van der Waals surface area contributed by atoms with E-state index in [1.54, 1.807) is 0 Å². The molecule has 0 radical (unpaired) electrons. The van der Waals surface area contributed by atoms with Gasteiger partial charge in [-0.15, -0.1) is 0 Å². The lowest BCUT2D eigenvalue weighted by atomic mass is 9.88. The molecule has 0 aliphatic rings. The van der Waals surface area contributed by atoms with Crippen LogP contribution in [0.3, 0.4) is 0 Å². The van der Waals surface area contributed by atoms with Gasteiger partial charge < -0.3 is 20.5 Å². The summed E-state index contributed by atoms with van der Waals surface area (Å²) in [5, 5.41) is 2.96. The number of nitrogens with two attached hydrogens (primary N) is 1. The Hall–Kier alpha value is -1.59. The van der Waals surface area contributed by atoms with Gasteiger partial charge in [0.15, 0.2) is 0 Å². The van der Waals surface area contributed by atoms with Crippen LogP contribution < -0.4 is 11.1 Å². The molecule has 0 saturated carbocycles. The average molecular weight is 409 g/mol. The first-order valence-corrected chi connectivity index (χ1v) is 10.7. The molecule has 1 rings (SSSR count). The molecule has 29 heavy (non-hydrogen) atoms. The number of rotatable bonds is 9. The van der Waals surface area contributed by atoms with E-state index in [1.165, 1.54) is 0 Å². The zero-order chi connectivity index (χ0) is 22.9. The summed E-state index contributed by atoms with van der Waals surface area (Å²) in [5.41, 5.74) is 6.96. The number of benzene rings is 1. The largest absolute Gasteiger partial charge is 0.449 e. The highest BCUT2D eigenvalue weighted by Crippen LogP contribution is 2.25. The van der Waals surface area contributed by atoms with Crippen molar-refractivity contribution in [3.8, 4) is 0 Å². The van der Waals surface area contributed by atoms with Gasteiger partial charge in [0, 0.05) is 17.6 Å². The Morgan fingerprint density at radius 3 is 2.10 bits per heavy atom. The van der Waals surface area contributed by atoms with Crippen LogP contribution in [0.1, 0.15) is 80.4 Å². The molecule has 0 bridgehead atoms. The monoisotopic (exact) mass is 408 g/mol. The second kappa shape index (κ2) is 11.6. The van der Waals surface area contributed by atoms with Crippen LogP contribution in [0.2, 0.25) is 0 Å². The Balaban J connectivity index is 0.00000379. The van der Waals surface area contributed by atoms with Crippen LogP contribution in [0.25, 0.3) is 0 Å². The molecule has 1 amide bonds. The number of hydrogen-bond acceptors (Lipinski definition) is 4.